The number of ether oxygens (including phenoxy) is 11. The number of nitrogens with two attached hydrogens (primary N) is 3. The summed E-state index contributed by atoms with van der Waals surface area (Å²) in [5.41, 5.74) is 16.6. The lowest BCUT2D eigenvalue weighted by Gasteiger charge is -2.20. The van der Waals surface area contributed by atoms with Crippen LogP contribution in [-0.4, -0.2) is 151 Å². The van der Waals surface area contributed by atoms with Gasteiger partial charge in [-0.3, -0.25) is 4.79 Å². The molecule has 0 fully saturated rings. The van der Waals surface area contributed by atoms with E-state index in [1.165, 1.54) is 0 Å². The zero-order valence-corrected chi connectivity index (χ0v) is 28.2. The predicted molar refractivity (Wildman–Crippen MR) is 174 cm³/mol. The van der Waals surface area contributed by atoms with Gasteiger partial charge in [0.15, 0.2) is 17.8 Å². The maximum atomic E-state index is 13.3. The van der Waals surface area contributed by atoms with E-state index >= 15 is 0 Å². The summed E-state index contributed by atoms with van der Waals surface area (Å²) in [6.07, 6.45) is -0.583. The van der Waals surface area contributed by atoms with Crippen molar-refractivity contribution in [2.45, 2.75) is 20.1 Å². The Hall–Kier alpha value is -2.35. The lowest BCUT2D eigenvalue weighted by Crippen LogP contribution is -2.35. The second-order valence-corrected chi connectivity index (χ2v) is 9.44. The van der Waals surface area contributed by atoms with Gasteiger partial charge in [-0.2, -0.15) is 0 Å². The van der Waals surface area contributed by atoms with E-state index < -0.39 is 6.29 Å². The second kappa shape index (κ2) is 31.0. The molecule has 0 aromatic heterocycles. The summed E-state index contributed by atoms with van der Waals surface area (Å²) in [5, 5.41) is 2.85. The van der Waals surface area contributed by atoms with Crippen LogP contribution in [0.2, 0.25) is 0 Å². The normalized spacial score (nSPS) is 11.3. The third-order valence-corrected chi connectivity index (χ3v) is 5.76. The molecular formula is C31H58N4O12. The minimum absolute atomic E-state index is 0.150. The highest BCUT2D eigenvalue weighted by Gasteiger charge is 2.20. The lowest BCUT2D eigenvalue weighted by atomic mass is 10.1. The third kappa shape index (κ3) is 22.0. The molecule has 16 heteroatoms. The van der Waals surface area contributed by atoms with Gasteiger partial charge in [0.1, 0.15) is 19.8 Å². The van der Waals surface area contributed by atoms with Crippen LogP contribution in [-0.2, 0) is 37.9 Å². The van der Waals surface area contributed by atoms with Crippen LogP contribution in [0.15, 0.2) is 12.1 Å². The molecule has 0 heterocycles. The summed E-state index contributed by atoms with van der Waals surface area (Å²) < 4.78 is 62.1. The number of hydrogen-bond donors (Lipinski definition) is 4. The first-order valence-corrected chi connectivity index (χ1v) is 16.3. The molecule has 0 saturated carbocycles. The molecule has 0 aliphatic carbocycles. The van der Waals surface area contributed by atoms with E-state index in [9.17, 15) is 4.79 Å². The monoisotopic (exact) mass is 678 g/mol. The van der Waals surface area contributed by atoms with Crippen LogP contribution < -0.4 is 36.7 Å². The van der Waals surface area contributed by atoms with Gasteiger partial charge in [0.05, 0.1) is 85.8 Å². The molecule has 0 saturated heterocycles. The molecule has 0 radical (unpaired) electrons. The molecule has 47 heavy (non-hydrogen) atoms. The molecule has 0 bridgehead atoms. The quantitative estimate of drug-likeness (QED) is 0.0556. The van der Waals surface area contributed by atoms with Crippen molar-refractivity contribution in [3.05, 3.63) is 17.7 Å². The van der Waals surface area contributed by atoms with Gasteiger partial charge in [-0.05, 0) is 26.0 Å². The first-order chi connectivity index (χ1) is 23.1. The van der Waals surface area contributed by atoms with Crippen molar-refractivity contribution in [3.63, 3.8) is 0 Å². The van der Waals surface area contributed by atoms with Crippen LogP contribution in [0.1, 0.15) is 24.2 Å². The number of carbonyl (C=O) groups is 1. The van der Waals surface area contributed by atoms with Gasteiger partial charge in [-0.15, -0.1) is 0 Å². The molecule has 16 nitrogen and oxygen atoms in total. The Bertz CT molecular complexity index is 840. The highest BCUT2D eigenvalue weighted by atomic mass is 16.7. The number of rotatable bonds is 34. The van der Waals surface area contributed by atoms with Crippen LogP contribution >= 0.6 is 0 Å². The Morgan fingerprint density at radius 1 is 0.574 bits per heavy atom. The highest BCUT2D eigenvalue weighted by Crippen LogP contribution is 2.39. The Morgan fingerprint density at radius 2 is 0.936 bits per heavy atom. The van der Waals surface area contributed by atoms with E-state index in [2.05, 4.69) is 5.32 Å². The van der Waals surface area contributed by atoms with Gasteiger partial charge < -0.3 is 74.6 Å². The molecule has 1 aromatic carbocycles. The Balaban J connectivity index is 3.04. The first kappa shape index (κ1) is 42.7. The van der Waals surface area contributed by atoms with Crippen LogP contribution in [0.5, 0.6) is 17.2 Å². The van der Waals surface area contributed by atoms with Crippen molar-refractivity contribution in [2.24, 2.45) is 17.2 Å². The van der Waals surface area contributed by atoms with Gasteiger partial charge in [0.2, 0.25) is 5.75 Å². The Labute approximate surface area is 279 Å². The van der Waals surface area contributed by atoms with Crippen LogP contribution in [0.25, 0.3) is 0 Å². The standard InChI is InChI=1S/C31H58N4O12/c1-3-43-29(44-4-2)25-35-31(36)26-23-27(45-20-17-40-14-11-37-8-5-32)30(47-22-19-42-16-13-39-10-7-34)28(24-26)46-21-18-41-15-12-38-9-6-33/h23-24,29H,3-22,25,32-34H2,1-2H3,(H,35,36). The molecule has 7 N–H and O–H groups in total. The molecular weight excluding hydrogens is 620 g/mol. The Morgan fingerprint density at radius 3 is 1.32 bits per heavy atom. The van der Waals surface area contributed by atoms with E-state index in [1.54, 1.807) is 12.1 Å². The number of carbonyl (C=O) groups excluding carboxylic acids is 1. The predicted octanol–water partition coefficient (Wildman–Crippen LogP) is -0.0724. The maximum Gasteiger partial charge on any atom is 0.251 e. The van der Waals surface area contributed by atoms with Crippen molar-refractivity contribution in [1.82, 2.24) is 5.32 Å². The minimum Gasteiger partial charge on any atom is -0.487 e. The van der Waals surface area contributed by atoms with Crippen molar-refractivity contribution in [3.8, 4) is 17.2 Å². The van der Waals surface area contributed by atoms with E-state index in [0.29, 0.717) is 110 Å². The van der Waals surface area contributed by atoms with Crippen LogP contribution in [0, 0.1) is 0 Å². The number of amides is 1. The Kier molecular flexibility index (Phi) is 28.1. The molecule has 1 rings (SSSR count). The molecule has 0 spiro atoms. The molecule has 0 unspecified atom stereocenters. The van der Waals surface area contributed by atoms with E-state index in [-0.39, 0.29) is 57.7 Å². The second-order valence-electron chi connectivity index (χ2n) is 9.44. The maximum absolute atomic E-state index is 13.3. The first-order valence-electron chi connectivity index (χ1n) is 16.3. The van der Waals surface area contributed by atoms with Crippen LogP contribution in [0.3, 0.4) is 0 Å². The fraction of sp³-hybridized carbons (Fsp3) is 0.774. The SMILES string of the molecule is CCOC(CNC(=O)c1cc(OCCOCCOCCN)c(OCCOCCOCCN)c(OCCOCCOCCN)c1)OCC. The fourth-order valence-electron chi connectivity index (χ4n) is 3.72. The number of hydrogen-bond acceptors (Lipinski definition) is 15. The fourth-order valence-corrected chi connectivity index (χ4v) is 3.72. The molecule has 0 aliphatic rings. The summed E-state index contributed by atoms with van der Waals surface area (Å²) in [6, 6.07) is 3.18. The summed E-state index contributed by atoms with van der Waals surface area (Å²) in [7, 11) is 0. The van der Waals surface area contributed by atoms with Crippen molar-refractivity contribution in [1.29, 1.82) is 0 Å². The summed E-state index contributed by atoms with van der Waals surface area (Å²) in [6.45, 7) is 11.2. The molecule has 1 amide bonds. The van der Waals surface area contributed by atoms with E-state index in [4.69, 9.17) is 69.3 Å². The third-order valence-electron chi connectivity index (χ3n) is 5.76. The number of benzene rings is 1. The zero-order chi connectivity index (χ0) is 34.2. The largest absolute Gasteiger partial charge is 0.487 e. The smallest absolute Gasteiger partial charge is 0.251 e. The van der Waals surface area contributed by atoms with Crippen LogP contribution in [0.4, 0.5) is 0 Å². The summed E-state index contributed by atoms with van der Waals surface area (Å²) in [4.78, 5) is 13.3. The minimum atomic E-state index is -0.583. The molecule has 0 atom stereocenters. The van der Waals surface area contributed by atoms with Gasteiger partial charge in [0.25, 0.3) is 5.91 Å². The van der Waals surface area contributed by atoms with E-state index in [1.807, 2.05) is 13.8 Å². The highest BCUT2D eigenvalue weighted by molar-refractivity contribution is 5.95. The summed E-state index contributed by atoms with van der Waals surface area (Å²) >= 11 is 0. The van der Waals surface area contributed by atoms with E-state index in [0.717, 1.165) is 0 Å². The molecule has 1 aromatic rings. The molecule has 274 valence electrons. The van der Waals surface area contributed by atoms with Crippen molar-refractivity contribution in [2.75, 3.05) is 138 Å². The van der Waals surface area contributed by atoms with Crippen molar-refractivity contribution >= 4 is 5.91 Å². The topological polar surface area (TPSA) is 209 Å². The zero-order valence-electron chi connectivity index (χ0n) is 28.2. The summed E-state index contributed by atoms with van der Waals surface area (Å²) in [5.74, 6) is 0.523. The molecule has 0 aliphatic heterocycles. The van der Waals surface area contributed by atoms with Gasteiger partial charge in [-0.25, -0.2) is 0 Å². The van der Waals surface area contributed by atoms with Gasteiger partial charge in [0, 0.05) is 38.4 Å². The average molecular weight is 679 g/mol. The number of nitrogens with one attached hydrogen (secondary N) is 1. The van der Waals surface area contributed by atoms with Gasteiger partial charge in [-0.1, -0.05) is 0 Å². The average Bonchev–Trinajstić information content (AvgIpc) is 3.07. The van der Waals surface area contributed by atoms with Crippen molar-refractivity contribution < 1.29 is 56.9 Å². The lowest BCUT2D eigenvalue weighted by molar-refractivity contribution is -0.131. The van der Waals surface area contributed by atoms with Gasteiger partial charge >= 0.3 is 0 Å².